The topological polar surface area (TPSA) is 39.1 Å². The first-order valence-corrected chi connectivity index (χ1v) is 7.85. The zero-order valence-corrected chi connectivity index (χ0v) is 12.2. The van der Waals surface area contributed by atoms with E-state index in [4.69, 9.17) is 4.74 Å². The summed E-state index contributed by atoms with van der Waals surface area (Å²) >= 11 is 0. The van der Waals surface area contributed by atoms with Gasteiger partial charge in [0.2, 0.25) is 0 Å². The van der Waals surface area contributed by atoms with E-state index in [9.17, 15) is 0 Å². The molecule has 1 aliphatic heterocycles. The molecule has 4 rings (SSSR count). The molecule has 1 aromatic carbocycles. The Morgan fingerprint density at radius 2 is 2.29 bits per heavy atom. The summed E-state index contributed by atoms with van der Waals surface area (Å²) in [6.45, 7) is 2.71. The number of rotatable bonds is 6. The molecule has 4 nitrogen and oxygen atoms in total. The Kier molecular flexibility index (Phi) is 3.39. The zero-order valence-electron chi connectivity index (χ0n) is 12.2. The lowest BCUT2D eigenvalue weighted by Gasteiger charge is -2.05. The fourth-order valence-electron chi connectivity index (χ4n) is 2.81. The van der Waals surface area contributed by atoms with Crippen LogP contribution in [0.3, 0.4) is 0 Å². The molecule has 0 spiro atoms. The third kappa shape index (κ3) is 3.10. The van der Waals surface area contributed by atoms with Crippen molar-refractivity contribution in [3.63, 3.8) is 0 Å². The van der Waals surface area contributed by atoms with Crippen LogP contribution in [0, 0.1) is 0 Å². The van der Waals surface area contributed by atoms with Crippen LogP contribution in [-0.4, -0.2) is 22.2 Å². The summed E-state index contributed by atoms with van der Waals surface area (Å²) in [5.41, 5.74) is 3.88. The minimum atomic E-state index is 0.740. The molecule has 1 fully saturated rings. The van der Waals surface area contributed by atoms with Gasteiger partial charge in [-0.05, 0) is 36.5 Å². The third-order valence-corrected chi connectivity index (χ3v) is 4.25. The van der Waals surface area contributed by atoms with Crippen LogP contribution < -0.4 is 10.1 Å². The van der Waals surface area contributed by atoms with Crippen molar-refractivity contribution in [1.29, 1.82) is 0 Å². The quantitative estimate of drug-likeness (QED) is 0.884. The Labute approximate surface area is 125 Å². The molecule has 1 saturated carbocycles. The van der Waals surface area contributed by atoms with Gasteiger partial charge in [-0.15, -0.1) is 0 Å². The monoisotopic (exact) mass is 283 g/mol. The number of nitrogens with one attached hydrogen (secondary N) is 1. The lowest BCUT2D eigenvalue weighted by atomic mass is 10.1. The standard InChI is InChI=1S/C17H21N3O/c1-4-17-14(6-8-21-17)9-13(1)5-7-20-11-16(19-12-20)10-18-15-2-3-15/h1,4,9,11-12,15,18H,2-3,5-8,10H2. The van der Waals surface area contributed by atoms with Gasteiger partial charge in [-0.25, -0.2) is 4.98 Å². The summed E-state index contributed by atoms with van der Waals surface area (Å²) in [6, 6.07) is 7.31. The Balaban J connectivity index is 1.33. The highest BCUT2D eigenvalue weighted by Crippen LogP contribution is 2.26. The summed E-state index contributed by atoms with van der Waals surface area (Å²) < 4.78 is 7.74. The first kappa shape index (κ1) is 12.9. The summed E-state index contributed by atoms with van der Waals surface area (Å²) in [4.78, 5) is 4.47. The van der Waals surface area contributed by atoms with Crippen molar-refractivity contribution in [3.8, 4) is 5.75 Å². The second-order valence-corrected chi connectivity index (χ2v) is 6.05. The van der Waals surface area contributed by atoms with E-state index < -0.39 is 0 Å². The average molecular weight is 283 g/mol. The molecule has 1 aliphatic carbocycles. The highest BCUT2D eigenvalue weighted by atomic mass is 16.5. The van der Waals surface area contributed by atoms with Crippen molar-refractivity contribution >= 4 is 0 Å². The number of nitrogens with zero attached hydrogens (tertiary/aromatic N) is 2. The fourth-order valence-corrected chi connectivity index (χ4v) is 2.81. The molecule has 0 bridgehead atoms. The van der Waals surface area contributed by atoms with Gasteiger partial charge in [-0.1, -0.05) is 12.1 Å². The van der Waals surface area contributed by atoms with Crippen LogP contribution in [0.2, 0.25) is 0 Å². The van der Waals surface area contributed by atoms with Crippen molar-refractivity contribution < 1.29 is 4.74 Å². The van der Waals surface area contributed by atoms with Crippen molar-refractivity contribution in [3.05, 3.63) is 47.5 Å². The molecule has 2 aromatic rings. The Morgan fingerprint density at radius 3 is 3.19 bits per heavy atom. The first-order valence-electron chi connectivity index (χ1n) is 7.85. The molecule has 110 valence electrons. The normalized spacial score (nSPS) is 16.8. The molecule has 0 unspecified atom stereocenters. The van der Waals surface area contributed by atoms with Crippen LogP contribution in [0.5, 0.6) is 5.75 Å². The van der Waals surface area contributed by atoms with Gasteiger partial charge in [-0.3, -0.25) is 0 Å². The maximum Gasteiger partial charge on any atom is 0.122 e. The molecular weight excluding hydrogens is 262 g/mol. The molecular formula is C17H21N3O. The highest BCUT2D eigenvalue weighted by molar-refractivity contribution is 5.39. The molecule has 0 saturated heterocycles. The van der Waals surface area contributed by atoms with Gasteiger partial charge < -0.3 is 14.6 Å². The van der Waals surface area contributed by atoms with E-state index in [1.165, 1.54) is 24.0 Å². The van der Waals surface area contributed by atoms with Crippen LogP contribution in [0.1, 0.15) is 29.7 Å². The van der Waals surface area contributed by atoms with E-state index in [1.54, 1.807) is 0 Å². The fraction of sp³-hybridized carbons (Fsp3) is 0.471. The maximum absolute atomic E-state index is 5.55. The molecule has 0 atom stereocenters. The van der Waals surface area contributed by atoms with E-state index in [2.05, 4.69) is 39.3 Å². The summed E-state index contributed by atoms with van der Waals surface area (Å²) in [6.07, 6.45) is 8.84. The molecule has 0 radical (unpaired) electrons. The van der Waals surface area contributed by atoms with Crippen molar-refractivity contribution in [2.75, 3.05) is 6.61 Å². The largest absolute Gasteiger partial charge is 0.493 e. The Morgan fingerprint density at radius 1 is 1.33 bits per heavy atom. The van der Waals surface area contributed by atoms with Gasteiger partial charge in [0.05, 0.1) is 18.6 Å². The minimum absolute atomic E-state index is 0.740. The van der Waals surface area contributed by atoms with Crippen molar-refractivity contribution in [2.45, 2.75) is 44.8 Å². The molecule has 1 aromatic heterocycles. The van der Waals surface area contributed by atoms with Gasteiger partial charge in [0.25, 0.3) is 0 Å². The Bertz CT molecular complexity index is 631. The zero-order chi connectivity index (χ0) is 14.1. The highest BCUT2D eigenvalue weighted by Gasteiger charge is 2.20. The third-order valence-electron chi connectivity index (χ3n) is 4.25. The summed E-state index contributed by atoms with van der Waals surface area (Å²) in [5, 5.41) is 3.50. The number of ether oxygens (including phenoxy) is 1. The van der Waals surface area contributed by atoms with E-state index in [0.717, 1.165) is 50.0 Å². The van der Waals surface area contributed by atoms with Gasteiger partial charge in [-0.2, -0.15) is 0 Å². The van der Waals surface area contributed by atoms with E-state index in [-0.39, 0.29) is 0 Å². The molecule has 0 amide bonds. The number of benzene rings is 1. The molecule has 2 aliphatic rings. The van der Waals surface area contributed by atoms with Crippen LogP contribution in [0.15, 0.2) is 30.7 Å². The average Bonchev–Trinajstić information content (AvgIpc) is 3.04. The molecule has 21 heavy (non-hydrogen) atoms. The smallest absolute Gasteiger partial charge is 0.122 e. The second-order valence-electron chi connectivity index (χ2n) is 6.05. The van der Waals surface area contributed by atoms with Crippen LogP contribution in [-0.2, 0) is 25.9 Å². The molecule has 4 heteroatoms. The number of hydrogen-bond donors (Lipinski definition) is 1. The maximum atomic E-state index is 5.55. The first-order chi connectivity index (χ1) is 10.4. The van der Waals surface area contributed by atoms with Gasteiger partial charge in [0.1, 0.15) is 5.75 Å². The van der Waals surface area contributed by atoms with Crippen LogP contribution >= 0.6 is 0 Å². The number of aryl methyl sites for hydroxylation is 2. The predicted octanol–water partition coefficient (Wildman–Crippen LogP) is 2.31. The number of imidazole rings is 1. The van der Waals surface area contributed by atoms with Crippen LogP contribution in [0.4, 0.5) is 0 Å². The number of fused-ring (bicyclic) bond motifs is 1. The predicted molar refractivity (Wildman–Crippen MR) is 81.4 cm³/mol. The van der Waals surface area contributed by atoms with E-state index in [0.29, 0.717) is 0 Å². The molecule has 1 N–H and O–H groups in total. The van der Waals surface area contributed by atoms with Crippen LogP contribution in [0.25, 0.3) is 0 Å². The van der Waals surface area contributed by atoms with Gasteiger partial charge in [0, 0.05) is 31.7 Å². The number of aromatic nitrogens is 2. The lowest BCUT2D eigenvalue weighted by Crippen LogP contribution is -2.15. The van der Waals surface area contributed by atoms with E-state index in [1.807, 2.05) is 6.33 Å². The number of hydrogen-bond acceptors (Lipinski definition) is 3. The Hall–Kier alpha value is -1.81. The summed E-state index contributed by atoms with van der Waals surface area (Å²) in [5.74, 6) is 1.06. The van der Waals surface area contributed by atoms with Crippen molar-refractivity contribution in [1.82, 2.24) is 14.9 Å². The van der Waals surface area contributed by atoms with Gasteiger partial charge in [0.15, 0.2) is 0 Å². The minimum Gasteiger partial charge on any atom is -0.493 e. The van der Waals surface area contributed by atoms with Gasteiger partial charge >= 0.3 is 0 Å². The second kappa shape index (κ2) is 5.53. The SMILES string of the molecule is c1cc2c(cc1CCn1cnc(CNC3CC3)c1)CCO2. The molecule has 2 heterocycles. The lowest BCUT2D eigenvalue weighted by molar-refractivity contribution is 0.357. The van der Waals surface area contributed by atoms with Crippen molar-refractivity contribution in [2.24, 2.45) is 0 Å². The van der Waals surface area contributed by atoms with E-state index >= 15 is 0 Å². The summed E-state index contributed by atoms with van der Waals surface area (Å²) in [7, 11) is 0.